The first-order valence-electron chi connectivity index (χ1n) is 20.4. The molecule has 4 rings (SSSR count). The Hall–Kier alpha value is -3.88. The van der Waals surface area contributed by atoms with Crippen LogP contribution < -0.4 is 15.8 Å². The van der Waals surface area contributed by atoms with Gasteiger partial charge in [-0.1, -0.05) is 90.5 Å². The van der Waals surface area contributed by atoms with Gasteiger partial charge in [0.05, 0.1) is 74.4 Å². The van der Waals surface area contributed by atoms with Crippen LogP contribution in [-0.4, -0.2) is 103 Å². The smallest absolute Gasteiger partial charge is 0.255 e. The Balaban J connectivity index is 1.51. The van der Waals surface area contributed by atoms with Crippen molar-refractivity contribution in [1.82, 2.24) is 20.2 Å². The minimum absolute atomic E-state index is 0.0430. The summed E-state index contributed by atoms with van der Waals surface area (Å²) >= 11 is 0. The van der Waals surface area contributed by atoms with Gasteiger partial charge in [-0.2, -0.15) is 0 Å². The van der Waals surface area contributed by atoms with Crippen molar-refractivity contribution in [3.8, 4) is 5.75 Å². The van der Waals surface area contributed by atoms with E-state index >= 15 is 0 Å². The Kier molecular flexibility index (Phi) is 18.7. The zero-order valence-electron chi connectivity index (χ0n) is 34.0. The molecule has 3 amide bonds. The summed E-state index contributed by atoms with van der Waals surface area (Å²) in [5.74, 6) is -1.21. The molecule has 1 aliphatic rings. The van der Waals surface area contributed by atoms with Gasteiger partial charge in [-0.3, -0.25) is 19.3 Å². The molecule has 2 aromatic carbocycles. The number of benzene rings is 2. The number of imide groups is 1. The number of aromatic amines is 1. The van der Waals surface area contributed by atoms with Crippen LogP contribution in [0.25, 0.3) is 11.0 Å². The zero-order valence-corrected chi connectivity index (χ0v) is 34.0. The topological polar surface area (TPSA) is 178 Å². The number of H-pyrrole nitrogens is 1. The normalized spacial score (nSPS) is 16.3. The lowest BCUT2D eigenvalue weighted by molar-refractivity contribution is -0.151. The number of aromatic nitrogens is 2. The van der Waals surface area contributed by atoms with E-state index < -0.39 is 35.9 Å². The number of imidazole rings is 1. The molecule has 5 N–H and O–H groups in total. The van der Waals surface area contributed by atoms with Crippen molar-refractivity contribution in [3.05, 3.63) is 59.9 Å². The third kappa shape index (κ3) is 13.4. The maximum Gasteiger partial charge on any atom is 0.255 e. The van der Waals surface area contributed by atoms with Gasteiger partial charge in [0.2, 0.25) is 11.8 Å². The second-order valence-corrected chi connectivity index (χ2v) is 15.4. The molecule has 1 saturated carbocycles. The average molecular weight is 780 g/mol. The quantitative estimate of drug-likeness (QED) is 0.0832. The monoisotopic (exact) mass is 779 g/mol. The number of carbonyl (C=O) groups excluding carboxylic acids is 3. The summed E-state index contributed by atoms with van der Waals surface area (Å²) in [6.45, 7) is 10.0. The Morgan fingerprint density at radius 1 is 0.929 bits per heavy atom. The SMILES string of the molecule is CCC(C)[C@H](N)C(=O)N(Cc1nc2ccccc2[nH]1)C(=O)[C@@H](C[C@H](O)[C@H](CC1CCCCC1)NC(=O)c1ccccc1OCCOCCOCCOC)C(C)C. The fourth-order valence-electron chi connectivity index (χ4n) is 7.25. The van der Waals surface area contributed by atoms with Crippen LogP contribution in [0.2, 0.25) is 0 Å². The number of ether oxygens (including phenoxy) is 4. The number of fused-ring (bicyclic) bond motifs is 1. The number of aliphatic hydroxyl groups excluding tert-OH is 1. The van der Waals surface area contributed by atoms with Crippen LogP contribution in [0.3, 0.4) is 0 Å². The molecule has 5 atom stereocenters. The zero-order chi connectivity index (χ0) is 40.5. The predicted molar refractivity (Wildman–Crippen MR) is 216 cm³/mol. The lowest BCUT2D eigenvalue weighted by Gasteiger charge is -2.34. The molecule has 1 aliphatic carbocycles. The fourth-order valence-corrected chi connectivity index (χ4v) is 7.25. The van der Waals surface area contributed by atoms with Crippen LogP contribution in [-0.2, 0) is 30.3 Å². The summed E-state index contributed by atoms with van der Waals surface area (Å²) in [4.78, 5) is 51.7. The number of methoxy groups -OCH3 is 1. The minimum atomic E-state index is -1.07. The molecular formula is C43H65N5O8. The first-order valence-corrected chi connectivity index (χ1v) is 20.4. The molecule has 13 heteroatoms. The van der Waals surface area contributed by atoms with Gasteiger partial charge in [-0.05, 0) is 54.9 Å². The number of hydrogen-bond acceptors (Lipinski definition) is 10. The number of nitrogens with one attached hydrogen (secondary N) is 2. The Labute approximate surface area is 332 Å². The number of nitrogens with zero attached hydrogens (tertiary/aromatic N) is 2. The number of para-hydroxylation sites is 3. The van der Waals surface area contributed by atoms with E-state index in [1.165, 1.54) is 11.3 Å². The lowest BCUT2D eigenvalue weighted by atomic mass is 9.80. The van der Waals surface area contributed by atoms with Crippen molar-refractivity contribution < 1.29 is 38.4 Å². The van der Waals surface area contributed by atoms with Gasteiger partial charge in [0.15, 0.2) is 0 Å². The van der Waals surface area contributed by atoms with Gasteiger partial charge in [-0.15, -0.1) is 0 Å². The number of amides is 3. The summed E-state index contributed by atoms with van der Waals surface area (Å²) in [6, 6.07) is 13.0. The third-order valence-electron chi connectivity index (χ3n) is 11.0. The molecule has 0 aliphatic heterocycles. The Morgan fingerprint density at radius 3 is 2.27 bits per heavy atom. The van der Waals surface area contributed by atoms with E-state index in [1.807, 2.05) is 52.0 Å². The molecule has 0 radical (unpaired) electrons. The van der Waals surface area contributed by atoms with Gasteiger partial charge >= 0.3 is 0 Å². The Morgan fingerprint density at radius 2 is 1.59 bits per heavy atom. The Bertz CT molecular complexity index is 1610. The fraction of sp³-hybridized carbons (Fsp3) is 0.628. The van der Waals surface area contributed by atoms with Crippen LogP contribution >= 0.6 is 0 Å². The third-order valence-corrected chi connectivity index (χ3v) is 11.0. The van der Waals surface area contributed by atoms with Crippen LogP contribution in [0.1, 0.15) is 95.2 Å². The average Bonchev–Trinajstić information content (AvgIpc) is 3.63. The highest BCUT2D eigenvalue weighted by Crippen LogP contribution is 2.31. The van der Waals surface area contributed by atoms with Crippen molar-refractivity contribution in [2.75, 3.05) is 46.8 Å². The number of carbonyl (C=O) groups is 3. The lowest BCUT2D eigenvalue weighted by Crippen LogP contribution is -2.52. The van der Waals surface area contributed by atoms with Gasteiger partial charge in [0.25, 0.3) is 5.91 Å². The highest BCUT2D eigenvalue weighted by atomic mass is 16.6. The molecule has 56 heavy (non-hydrogen) atoms. The number of aliphatic hydroxyl groups is 1. The molecule has 1 fully saturated rings. The second kappa shape index (κ2) is 23.4. The maximum absolute atomic E-state index is 14.6. The van der Waals surface area contributed by atoms with Crippen molar-refractivity contribution >= 4 is 28.8 Å². The molecule has 13 nitrogen and oxygen atoms in total. The van der Waals surface area contributed by atoms with Gasteiger partial charge < -0.3 is 40.1 Å². The highest BCUT2D eigenvalue weighted by molar-refractivity contribution is 5.99. The van der Waals surface area contributed by atoms with E-state index in [0.717, 1.165) is 36.7 Å². The predicted octanol–water partition coefficient (Wildman–Crippen LogP) is 5.64. The number of rotatable bonds is 24. The van der Waals surface area contributed by atoms with E-state index in [0.29, 0.717) is 68.9 Å². The van der Waals surface area contributed by atoms with Gasteiger partial charge in [0.1, 0.15) is 18.2 Å². The molecule has 3 aromatic rings. The van der Waals surface area contributed by atoms with Crippen LogP contribution in [0.4, 0.5) is 0 Å². The van der Waals surface area contributed by atoms with Crippen molar-refractivity contribution in [2.24, 2.45) is 29.4 Å². The highest BCUT2D eigenvalue weighted by Gasteiger charge is 2.38. The van der Waals surface area contributed by atoms with Crippen molar-refractivity contribution in [2.45, 2.75) is 104 Å². The molecule has 0 spiro atoms. The largest absolute Gasteiger partial charge is 0.490 e. The number of hydrogen-bond donors (Lipinski definition) is 4. The molecule has 310 valence electrons. The van der Waals surface area contributed by atoms with Crippen molar-refractivity contribution in [1.29, 1.82) is 0 Å². The molecule has 0 bridgehead atoms. The molecular weight excluding hydrogens is 715 g/mol. The van der Waals surface area contributed by atoms with Crippen LogP contribution in [0.5, 0.6) is 5.75 Å². The molecule has 0 saturated heterocycles. The van der Waals surface area contributed by atoms with Gasteiger partial charge in [-0.25, -0.2) is 4.98 Å². The molecule has 1 unspecified atom stereocenters. The van der Waals surface area contributed by atoms with E-state index in [1.54, 1.807) is 31.4 Å². The van der Waals surface area contributed by atoms with Gasteiger partial charge in [0, 0.05) is 13.0 Å². The minimum Gasteiger partial charge on any atom is -0.490 e. The molecule has 1 heterocycles. The van der Waals surface area contributed by atoms with E-state index in [4.69, 9.17) is 24.7 Å². The summed E-state index contributed by atoms with van der Waals surface area (Å²) < 4.78 is 22.0. The molecule has 1 aromatic heterocycles. The first kappa shape index (κ1) is 44.8. The summed E-state index contributed by atoms with van der Waals surface area (Å²) in [7, 11) is 1.62. The first-order chi connectivity index (χ1) is 27.0. The van der Waals surface area contributed by atoms with Crippen molar-refractivity contribution in [3.63, 3.8) is 0 Å². The standard InChI is InChI=1S/C43H65N5O8/c1-6-30(4)40(44)43(52)48(28-39-45-34-17-11-12-18-35(34)46-39)42(51)33(29(2)3)27-37(49)36(26-31-14-8-7-9-15-31)47-41(50)32-16-10-13-19-38(32)56-25-24-55-23-22-54-21-20-53-5/h10-13,16-19,29-31,33,36-37,40,49H,6-9,14-15,20-28,44H2,1-5H3,(H,45,46)(H,47,50)/t30?,33-,36-,37-,40-/m0/s1. The van der Waals surface area contributed by atoms with E-state index in [-0.39, 0.29) is 37.3 Å². The maximum atomic E-state index is 14.6. The summed E-state index contributed by atoms with van der Waals surface area (Å²) in [5.41, 5.74) is 8.33. The second-order valence-electron chi connectivity index (χ2n) is 15.4. The summed E-state index contributed by atoms with van der Waals surface area (Å²) in [6.07, 6.45) is 5.59. The summed E-state index contributed by atoms with van der Waals surface area (Å²) in [5, 5.41) is 15.2. The van der Waals surface area contributed by atoms with Crippen LogP contribution in [0.15, 0.2) is 48.5 Å². The van der Waals surface area contributed by atoms with Crippen LogP contribution in [0, 0.1) is 23.7 Å². The van der Waals surface area contributed by atoms with E-state index in [2.05, 4.69) is 15.3 Å². The van der Waals surface area contributed by atoms with E-state index in [9.17, 15) is 19.5 Å². The number of nitrogens with two attached hydrogens (primary N) is 1.